The Kier molecular flexibility index (Phi) is 4.74. The summed E-state index contributed by atoms with van der Waals surface area (Å²) in [6.07, 6.45) is 4.06. The van der Waals surface area contributed by atoms with Gasteiger partial charge in [0, 0.05) is 29.5 Å². The predicted octanol–water partition coefficient (Wildman–Crippen LogP) is 2.95. The summed E-state index contributed by atoms with van der Waals surface area (Å²) in [7, 11) is 0. The number of benzene rings is 1. The van der Waals surface area contributed by atoms with Crippen molar-refractivity contribution in [2.75, 3.05) is 17.6 Å². The van der Waals surface area contributed by atoms with Gasteiger partial charge >= 0.3 is 0 Å². The van der Waals surface area contributed by atoms with Crippen LogP contribution in [0, 0.1) is 11.3 Å². The first-order chi connectivity index (χ1) is 13.7. The minimum absolute atomic E-state index is 0.184. The van der Waals surface area contributed by atoms with E-state index in [1.807, 2.05) is 30.3 Å². The lowest BCUT2D eigenvalue weighted by Crippen LogP contribution is -2.12. The zero-order chi connectivity index (χ0) is 19.5. The molecule has 0 fully saturated rings. The van der Waals surface area contributed by atoms with E-state index in [1.54, 1.807) is 18.5 Å². The number of nitrogens with zero attached hydrogens (tertiary/aromatic N) is 6. The van der Waals surface area contributed by atoms with Gasteiger partial charge in [-0.15, -0.1) is 5.10 Å². The number of rotatable bonds is 5. The molecule has 4 aromatic rings. The number of nitrogens with two attached hydrogens (primary N) is 1. The zero-order valence-electron chi connectivity index (χ0n) is 14.7. The molecule has 0 amide bonds. The van der Waals surface area contributed by atoms with E-state index in [9.17, 15) is 5.26 Å². The Hall–Kier alpha value is -3.70. The monoisotopic (exact) mass is 390 g/mol. The van der Waals surface area contributed by atoms with Crippen LogP contribution in [0.25, 0.3) is 17.2 Å². The third-order valence-corrected chi connectivity index (χ3v) is 4.43. The van der Waals surface area contributed by atoms with Crippen LogP contribution in [-0.4, -0.2) is 31.1 Å². The van der Waals surface area contributed by atoms with Crippen molar-refractivity contribution in [3.8, 4) is 17.5 Å². The maximum Gasteiger partial charge on any atom is 0.256 e. The summed E-state index contributed by atoms with van der Waals surface area (Å²) in [6.45, 7) is 0.572. The molecule has 0 radical (unpaired) electrons. The first-order valence-electron chi connectivity index (χ1n) is 8.51. The molecule has 3 N–H and O–H groups in total. The largest absolute Gasteiger partial charge is 0.382 e. The Labute approximate surface area is 165 Å². The third kappa shape index (κ3) is 3.43. The molecule has 3 aromatic heterocycles. The van der Waals surface area contributed by atoms with Crippen LogP contribution in [0.1, 0.15) is 11.1 Å². The van der Waals surface area contributed by atoms with Gasteiger partial charge in [-0.1, -0.05) is 23.7 Å². The molecule has 0 unspecified atom stereocenters. The second-order valence-electron chi connectivity index (χ2n) is 6.02. The number of nitriles is 1. The summed E-state index contributed by atoms with van der Waals surface area (Å²) in [5, 5.41) is 17.8. The second-order valence-corrected chi connectivity index (χ2v) is 6.46. The van der Waals surface area contributed by atoms with Gasteiger partial charge in [0.2, 0.25) is 0 Å². The van der Waals surface area contributed by atoms with E-state index in [1.165, 1.54) is 4.52 Å². The first-order valence-corrected chi connectivity index (χ1v) is 8.88. The van der Waals surface area contributed by atoms with E-state index < -0.39 is 0 Å². The molecule has 28 heavy (non-hydrogen) atoms. The number of hydrogen-bond acceptors (Lipinski definition) is 7. The maximum absolute atomic E-state index is 9.53. The summed E-state index contributed by atoms with van der Waals surface area (Å²) in [4.78, 5) is 12.9. The van der Waals surface area contributed by atoms with Gasteiger partial charge in [-0.25, -0.2) is 0 Å². The summed E-state index contributed by atoms with van der Waals surface area (Å²) < 4.78 is 1.37. The summed E-state index contributed by atoms with van der Waals surface area (Å²) >= 11 is 5.91. The summed E-state index contributed by atoms with van der Waals surface area (Å²) in [5.74, 6) is 1.31. The highest BCUT2D eigenvalue weighted by Gasteiger charge is 2.17. The number of halogens is 1. The van der Waals surface area contributed by atoms with Crippen LogP contribution < -0.4 is 11.1 Å². The molecular weight excluding hydrogens is 376 g/mol. The lowest BCUT2D eigenvalue weighted by molar-refractivity contribution is 0.941. The van der Waals surface area contributed by atoms with Gasteiger partial charge in [-0.3, -0.25) is 4.98 Å². The second kappa shape index (κ2) is 7.50. The number of nitrogen functional groups attached to an aromatic ring is 1. The van der Waals surface area contributed by atoms with Gasteiger partial charge in [-0.05, 0) is 36.2 Å². The van der Waals surface area contributed by atoms with Crippen LogP contribution in [0.15, 0.2) is 48.8 Å². The van der Waals surface area contributed by atoms with Gasteiger partial charge in [0.05, 0.1) is 0 Å². The van der Waals surface area contributed by atoms with Gasteiger partial charge in [0.25, 0.3) is 5.78 Å². The molecule has 9 heteroatoms. The molecule has 0 aliphatic rings. The van der Waals surface area contributed by atoms with E-state index in [4.69, 9.17) is 17.3 Å². The van der Waals surface area contributed by atoms with Crippen molar-refractivity contribution in [2.24, 2.45) is 0 Å². The van der Waals surface area contributed by atoms with Crippen LogP contribution in [0.4, 0.5) is 11.6 Å². The maximum atomic E-state index is 9.53. The Morgan fingerprint density at radius 1 is 1.18 bits per heavy atom. The summed E-state index contributed by atoms with van der Waals surface area (Å²) in [6, 6.07) is 13.3. The molecular formula is C19H15ClN8. The average molecular weight is 391 g/mol. The van der Waals surface area contributed by atoms with Crippen LogP contribution >= 0.6 is 11.6 Å². The highest BCUT2D eigenvalue weighted by Crippen LogP contribution is 2.23. The predicted molar refractivity (Wildman–Crippen MR) is 107 cm³/mol. The average Bonchev–Trinajstić information content (AvgIpc) is 3.15. The minimum Gasteiger partial charge on any atom is -0.382 e. The normalized spacial score (nSPS) is 10.7. The molecule has 0 spiro atoms. The van der Waals surface area contributed by atoms with Crippen molar-refractivity contribution >= 4 is 29.0 Å². The molecule has 0 bridgehead atoms. The molecule has 0 aliphatic carbocycles. The molecule has 0 aliphatic heterocycles. The molecule has 4 rings (SSSR count). The number of anilines is 2. The number of nitrogens with one attached hydrogen (secondary N) is 1. The Bertz CT molecular complexity index is 1160. The molecule has 0 saturated carbocycles. The molecule has 3 heterocycles. The van der Waals surface area contributed by atoms with Crippen LogP contribution in [0.5, 0.6) is 0 Å². The minimum atomic E-state index is 0.184. The van der Waals surface area contributed by atoms with E-state index in [0.717, 1.165) is 17.5 Å². The standard InChI is InChI=1S/C19H15ClN8/c20-14-5-3-12(4-6-14)7-9-24-18-15(10-21)16(22)28-19(26-18)25-17(27-28)13-2-1-8-23-11-13/h1-6,8,11H,7,9,22H2,(H,24,25,26,27). The van der Waals surface area contributed by atoms with E-state index in [-0.39, 0.29) is 11.4 Å². The zero-order valence-corrected chi connectivity index (χ0v) is 15.4. The molecule has 0 saturated heterocycles. The lowest BCUT2D eigenvalue weighted by Gasteiger charge is -2.09. The molecule has 138 valence electrons. The Morgan fingerprint density at radius 3 is 2.71 bits per heavy atom. The SMILES string of the molecule is N#Cc1c(NCCc2ccc(Cl)cc2)nc2nc(-c3cccnc3)nn2c1N. The highest BCUT2D eigenvalue weighted by molar-refractivity contribution is 6.30. The van der Waals surface area contributed by atoms with Crippen molar-refractivity contribution in [3.63, 3.8) is 0 Å². The fraction of sp³-hybridized carbons (Fsp3) is 0.105. The quantitative estimate of drug-likeness (QED) is 0.537. The Balaban J connectivity index is 1.62. The van der Waals surface area contributed by atoms with Crippen LogP contribution in [0.3, 0.4) is 0 Å². The highest BCUT2D eigenvalue weighted by atomic mass is 35.5. The molecule has 0 atom stereocenters. The van der Waals surface area contributed by atoms with Gasteiger partial charge in [0.15, 0.2) is 17.5 Å². The topological polar surface area (TPSA) is 118 Å². The summed E-state index contributed by atoms with van der Waals surface area (Å²) in [5.41, 5.74) is 8.23. The number of hydrogen-bond donors (Lipinski definition) is 2. The van der Waals surface area contributed by atoms with Crippen molar-refractivity contribution in [1.82, 2.24) is 24.6 Å². The fourth-order valence-corrected chi connectivity index (χ4v) is 2.88. The van der Waals surface area contributed by atoms with Gasteiger partial charge in [-0.2, -0.15) is 19.7 Å². The molecule has 1 aromatic carbocycles. The number of aromatic nitrogens is 5. The van der Waals surface area contributed by atoms with Crippen LogP contribution in [-0.2, 0) is 6.42 Å². The van der Waals surface area contributed by atoms with E-state index in [0.29, 0.717) is 29.0 Å². The number of fused-ring (bicyclic) bond motifs is 1. The van der Waals surface area contributed by atoms with Gasteiger partial charge in [0.1, 0.15) is 11.6 Å². The van der Waals surface area contributed by atoms with Crippen molar-refractivity contribution in [2.45, 2.75) is 6.42 Å². The van der Waals surface area contributed by atoms with Gasteiger partial charge < -0.3 is 11.1 Å². The first kappa shape index (κ1) is 17.7. The number of pyridine rings is 1. The van der Waals surface area contributed by atoms with E-state index >= 15 is 0 Å². The Morgan fingerprint density at radius 2 is 2.00 bits per heavy atom. The van der Waals surface area contributed by atoms with Crippen molar-refractivity contribution < 1.29 is 0 Å². The van der Waals surface area contributed by atoms with Crippen LogP contribution in [0.2, 0.25) is 5.02 Å². The van der Waals surface area contributed by atoms with Crippen molar-refractivity contribution in [1.29, 1.82) is 5.26 Å². The fourth-order valence-electron chi connectivity index (χ4n) is 2.75. The van der Waals surface area contributed by atoms with Crippen molar-refractivity contribution in [3.05, 3.63) is 64.9 Å². The smallest absolute Gasteiger partial charge is 0.256 e. The van der Waals surface area contributed by atoms with E-state index in [2.05, 4.69) is 31.4 Å². The lowest BCUT2D eigenvalue weighted by atomic mass is 10.1. The third-order valence-electron chi connectivity index (χ3n) is 4.17. The molecule has 8 nitrogen and oxygen atoms in total.